The maximum absolute atomic E-state index is 12.9. The zero-order valence-electron chi connectivity index (χ0n) is 19.9. The number of unbranched alkanes of at least 4 members (excludes halogenated alkanes) is 1. The molecule has 3 aliphatic rings. The van der Waals surface area contributed by atoms with E-state index in [0.717, 1.165) is 56.2 Å². The van der Waals surface area contributed by atoms with Crippen LogP contribution < -0.4 is 5.32 Å². The molecule has 1 aromatic heterocycles. The molecule has 0 bridgehead atoms. The van der Waals surface area contributed by atoms with Crippen molar-refractivity contribution >= 4 is 28.4 Å². The number of amides is 3. The predicted molar refractivity (Wildman–Crippen MR) is 131 cm³/mol. The molecule has 1 spiro atoms. The van der Waals surface area contributed by atoms with E-state index in [0.29, 0.717) is 18.8 Å². The van der Waals surface area contributed by atoms with Crippen molar-refractivity contribution in [1.29, 1.82) is 0 Å². The van der Waals surface area contributed by atoms with E-state index in [1.807, 2.05) is 29.2 Å². The molecule has 34 heavy (non-hydrogen) atoms. The molecule has 2 atom stereocenters. The summed E-state index contributed by atoms with van der Waals surface area (Å²) in [5, 5.41) is 15.3. The molecule has 2 N–H and O–H groups in total. The number of hydrogen-bond donors (Lipinski definition) is 2. The average Bonchev–Trinajstić information content (AvgIpc) is 3.62. The van der Waals surface area contributed by atoms with Crippen LogP contribution in [0, 0.1) is 5.41 Å². The number of nitrogens with one attached hydrogen (secondary N) is 1. The summed E-state index contributed by atoms with van der Waals surface area (Å²) in [6.45, 7) is 6.45. The van der Waals surface area contributed by atoms with Gasteiger partial charge in [-0.1, -0.05) is 6.07 Å². The largest absolute Gasteiger partial charge is 0.391 e. The molecule has 2 saturated heterocycles. The van der Waals surface area contributed by atoms with Crippen molar-refractivity contribution < 1.29 is 14.7 Å². The monoisotopic (exact) mass is 465 g/mol. The summed E-state index contributed by atoms with van der Waals surface area (Å²) in [5.74, 6) is 0.00758. The molecule has 8 nitrogen and oxygen atoms in total. The van der Waals surface area contributed by atoms with Crippen LogP contribution in [0.25, 0.3) is 10.8 Å². The first-order chi connectivity index (χ1) is 16.4. The molecule has 3 heterocycles. The quantitative estimate of drug-likeness (QED) is 0.641. The van der Waals surface area contributed by atoms with Crippen LogP contribution in [0.4, 0.5) is 10.5 Å². The van der Waals surface area contributed by atoms with Gasteiger partial charge in [-0.15, -0.1) is 0 Å². The molecule has 182 valence electrons. The lowest BCUT2D eigenvalue weighted by Crippen LogP contribution is -2.58. The van der Waals surface area contributed by atoms with E-state index >= 15 is 0 Å². The first-order valence-corrected chi connectivity index (χ1v) is 12.6. The number of piperidine rings is 1. The molecular formula is C26H35N5O3. The lowest BCUT2D eigenvalue weighted by Gasteiger charge is -2.39. The Bertz CT molecular complexity index is 1060. The fraction of sp³-hybridized carbons (Fsp3) is 0.577. The smallest absolute Gasteiger partial charge is 0.322 e. The number of benzene rings is 1. The van der Waals surface area contributed by atoms with Gasteiger partial charge in [0.15, 0.2) is 0 Å². The maximum Gasteiger partial charge on any atom is 0.322 e. The minimum Gasteiger partial charge on any atom is -0.391 e. The number of carbonyl (C=O) groups is 2. The molecule has 3 amide bonds. The van der Waals surface area contributed by atoms with Gasteiger partial charge in [0.2, 0.25) is 5.91 Å². The summed E-state index contributed by atoms with van der Waals surface area (Å²) < 4.78 is 0. The van der Waals surface area contributed by atoms with Gasteiger partial charge in [-0.3, -0.25) is 9.78 Å². The van der Waals surface area contributed by atoms with Crippen LogP contribution in [-0.2, 0) is 4.79 Å². The van der Waals surface area contributed by atoms with Crippen molar-refractivity contribution in [2.24, 2.45) is 5.41 Å². The molecule has 2 aliphatic heterocycles. The second kappa shape index (κ2) is 9.50. The van der Waals surface area contributed by atoms with Crippen LogP contribution in [0.5, 0.6) is 0 Å². The number of pyridine rings is 1. The van der Waals surface area contributed by atoms with Gasteiger partial charge in [0.25, 0.3) is 0 Å². The zero-order valence-corrected chi connectivity index (χ0v) is 19.9. The molecule has 8 heteroatoms. The summed E-state index contributed by atoms with van der Waals surface area (Å²) in [5.41, 5.74) is 0.944. The maximum atomic E-state index is 12.9. The lowest BCUT2D eigenvalue weighted by molar-refractivity contribution is -0.139. The van der Waals surface area contributed by atoms with Gasteiger partial charge in [0.1, 0.15) is 6.04 Å². The minimum absolute atomic E-state index is 0.00758. The van der Waals surface area contributed by atoms with Gasteiger partial charge in [0.05, 0.1) is 6.10 Å². The third-order valence-corrected chi connectivity index (χ3v) is 8.01. The number of rotatable bonds is 6. The molecule has 1 saturated carbocycles. The topological polar surface area (TPSA) is 89.0 Å². The van der Waals surface area contributed by atoms with Gasteiger partial charge < -0.3 is 25.1 Å². The second-order valence-electron chi connectivity index (χ2n) is 10.2. The molecule has 3 fully saturated rings. The number of nitrogens with zero attached hydrogens (tertiary/aromatic N) is 4. The Hall–Kier alpha value is -2.71. The van der Waals surface area contributed by atoms with Crippen LogP contribution in [0.15, 0.2) is 36.7 Å². The Balaban J connectivity index is 1.07. The van der Waals surface area contributed by atoms with Crippen molar-refractivity contribution in [2.75, 3.05) is 44.6 Å². The Labute approximate surface area is 200 Å². The summed E-state index contributed by atoms with van der Waals surface area (Å²) >= 11 is 0. The number of fused-ring (bicyclic) bond motifs is 1. The molecule has 1 aliphatic carbocycles. The van der Waals surface area contributed by atoms with Gasteiger partial charge in [-0.2, -0.15) is 0 Å². The van der Waals surface area contributed by atoms with Crippen LogP contribution >= 0.6 is 0 Å². The van der Waals surface area contributed by atoms with E-state index < -0.39 is 6.04 Å². The van der Waals surface area contributed by atoms with Gasteiger partial charge >= 0.3 is 6.03 Å². The minimum atomic E-state index is -0.483. The van der Waals surface area contributed by atoms with Crippen LogP contribution in [0.1, 0.15) is 39.0 Å². The van der Waals surface area contributed by atoms with Crippen molar-refractivity contribution in [3.63, 3.8) is 0 Å². The lowest BCUT2D eigenvalue weighted by atomic mass is 9.90. The van der Waals surface area contributed by atoms with Crippen molar-refractivity contribution in [1.82, 2.24) is 19.7 Å². The molecule has 0 unspecified atom stereocenters. The number of carbonyl (C=O) groups excluding carboxylic acids is 2. The number of aliphatic hydroxyl groups excluding tert-OH is 1. The molecular weight excluding hydrogens is 430 g/mol. The van der Waals surface area contributed by atoms with Gasteiger partial charge in [-0.25, -0.2) is 4.79 Å². The standard InChI is InChI=1S/C26H35N5O3/c1-19-24(33)30(12-3-2-11-29-13-9-26(7-8-26)23(32)18-29)14-15-31(19)25(34)28-22-5-4-20-6-10-27-17-21(20)16-22/h4-6,10,16-17,19,23,32H,2-3,7-9,11-15,18H2,1H3,(H,28,34)/t19-,23+/m0/s1. The van der Waals surface area contributed by atoms with Crippen LogP contribution in [-0.4, -0.2) is 88.1 Å². The van der Waals surface area contributed by atoms with E-state index in [9.17, 15) is 14.7 Å². The summed E-state index contributed by atoms with van der Waals surface area (Å²) in [7, 11) is 0. The Kier molecular flexibility index (Phi) is 6.44. The summed E-state index contributed by atoms with van der Waals surface area (Å²) in [6, 6.07) is 6.92. The SMILES string of the molecule is C[C@H]1C(=O)N(CCCCN2CCC3(CC3)[C@H](O)C2)CCN1C(=O)Nc1ccc2ccncc2c1. The summed E-state index contributed by atoms with van der Waals surface area (Å²) in [4.78, 5) is 35.8. The molecule has 1 aromatic carbocycles. The summed E-state index contributed by atoms with van der Waals surface area (Å²) in [6.07, 6.45) is 8.78. The molecule has 0 radical (unpaired) electrons. The number of β-amino-alcohol motifs (C(OH)–C–C–N with tert-alkyl or cyclic N) is 1. The Morgan fingerprint density at radius 3 is 2.74 bits per heavy atom. The number of urea groups is 1. The third kappa shape index (κ3) is 4.74. The first kappa shape index (κ1) is 23.1. The number of anilines is 1. The average molecular weight is 466 g/mol. The van der Waals surface area contributed by atoms with Crippen LogP contribution in [0.3, 0.4) is 0 Å². The number of aliphatic hydroxyl groups is 1. The highest BCUT2D eigenvalue weighted by Gasteiger charge is 2.51. The highest BCUT2D eigenvalue weighted by molar-refractivity contribution is 5.96. The second-order valence-corrected chi connectivity index (χ2v) is 10.2. The van der Waals surface area contributed by atoms with Crippen molar-refractivity contribution in [3.05, 3.63) is 36.7 Å². The fourth-order valence-electron chi connectivity index (χ4n) is 5.45. The van der Waals surface area contributed by atoms with Gasteiger partial charge in [-0.05, 0) is 81.1 Å². The van der Waals surface area contributed by atoms with E-state index in [2.05, 4.69) is 15.2 Å². The van der Waals surface area contributed by atoms with Crippen molar-refractivity contribution in [3.8, 4) is 0 Å². The van der Waals surface area contributed by atoms with E-state index in [-0.39, 0.29) is 23.5 Å². The first-order valence-electron chi connectivity index (χ1n) is 12.6. The zero-order chi connectivity index (χ0) is 23.7. The number of likely N-dealkylation sites (tertiary alicyclic amines) is 1. The number of aromatic nitrogens is 1. The Morgan fingerprint density at radius 2 is 1.94 bits per heavy atom. The fourth-order valence-corrected chi connectivity index (χ4v) is 5.45. The Morgan fingerprint density at radius 1 is 1.12 bits per heavy atom. The van der Waals surface area contributed by atoms with Gasteiger partial charge in [0, 0.05) is 49.6 Å². The van der Waals surface area contributed by atoms with Crippen LogP contribution in [0.2, 0.25) is 0 Å². The molecule has 5 rings (SSSR count). The highest BCUT2D eigenvalue weighted by atomic mass is 16.3. The number of hydrogen-bond acceptors (Lipinski definition) is 5. The normalized spacial score (nSPS) is 24.6. The predicted octanol–water partition coefficient (Wildman–Crippen LogP) is 2.93. The molecule has 2 aromatic rings. The third-order valence-electron chi connectivity index (χ3n) is 8.01. The van der Waals surface area contributed by atoms with E-state index in [1.165, 1.54) is 12.8 Å². The number of piperazine rings is 1. The highest BCUT2D eigenvalue weighted by Crippen LogP contribution is 2.53. The van der Waals surface area contributed by atoms with E-state index in [1.54, 1.807) is 24.2 Å². The van der Waals surface area contributed by atoms with Crippen molar-refractivity contribution in [2.45, 2.75) is 51.2 Å². The van der Waals surface area contributed by atoms with E-state index in [4.69, 9.17) is 0 Å².